The summed E-state index contributed by atoms with van der Waals surface area (Å²) in [5, 5.41) is 22.7. The Balaban J connectivity index is 2.14. The molecule has 0 fully saturated rings. The van der Waals surface area contributed by atoms with Crippen molar-refractivity contribution < 1.29 is 24.5 Å². The summed E-state index contributed by atoms with van der Waals surface area (Å²) in [6, 6.07) is 4.28. The van der Waals surface area contributed by atoms with E-state index in [2.05, 4.69) is 10.3 Å². The van der Waals surface area contributed by atoms with Crippen LogP contribution in [0.15, 0.2) is 23.6 Å². The Morgan fingerprint density at radius 1 is 1.43 bits per heavy atom. The van der Waals surface area contributed by atoms with Crippen molar-refractivity contribution >= 4 is 28.3 Å². The Kier molecular flexibility index (Phi) is 4.39. The maximum absolute atomic E-state index is 12.1. The van der Waals surface area contributed by atoms with E-state index in [1.54, 1.807) is 5.38 Å². The lowest BCUT2D eigenvalue weighted by molar-refractivity contribution is -0.136. The molecule has 3 N–H and O–H groups in total. The van der Waals surface area contributed by atoms with Gasteiger partial charge in [0.25, 0.3) is 5.91 Å². The molecule has 0 aliphatic rings. The van der Waals surface area contributed by atoms with Crippen molar-refractivity contribution in [3.8, 4) is 11.5 Å². The number of benzene rings is 1. The lowest BCUT2D eigenvalue weighted by Crippen LogP contribution is -2.12. The van der Waals surface area contributed by atoms with Gasteiger partial charge in [0.2, 0.25) is 0 Å². The lowest BCUT2D eigenvalue weighted by atomic mass is 10.2. The zero-order valence-electron chi connectivity index (χ0n) is 11.0. The number of thiazole rings is 1. The predicted octanol–water partition coefficient (Wildman–Crippen LogP) is 1.74. The molecule has 21 heavy (non-hydrogen) atoms. The van der Waals surface area contributed by atoms with Crippen molar-refractivity contribution in [1.82, 2.24) is 4.98 Å². The second-order valence-corrected chi connectivity index (χ2v) is 4.91. The smallest absolute Gasteiger partial charge is 0.309 e. The van der Waals surface area contributed by atoms with Gasteiger partial charge in [-0.1, -0.05) is 0 Å². The van der Waals surface area contributed by atoms with E-state index in [0.717, 1.165) is 11.3 Å². The van der Waals surface area contributed by atoms with Crippen molar-refractivity contribution in [2.45, 2.75) is 6.42 Å². The minimum absolute atomic E-state index is 0.0457. The number of carbonyl (C=O) groups is 2. The van der Waals surface area contributed by atoms with Crippen molar-refractivity contribution in [3.05, 3.63) is 34.8 Å². The highest BCUT2D eigenvalue weighted by molar-refractivity contribution is 7.14. The average Bonchev–Trinajstić information content (AvgIpc) is 2.85. The molecule has 1 heterocycles. The number of nitrogens with one attached hydrogen (secondary N) is 1. The van der Waals surface area contributed by atoms with Gasteiger partial charge in [-0.2, -0.15) is 0 Å². The SMILES string of the molecule is COc1ccc(O)c(C(=O)Nc2nc(CC(=O)O)cs2)c1. The Bertz CT molecular complexity index is 683. The number of hydrogen-bond donors (Lipinski definition) is 3. The van der Waals surface area contributed by atoms with Gasteiger partial charge in [-0.15, -0.1) is 11.3 Å². The lowest BCUT2D eigenvalue weighted by Gasteiger charge is -2.06. The molecule has 0 saturated heterocycles. The first-order valence-electron chi connectivity index (χ1n) is 5.84. The van der Waals surface area contributed by atoms with Gasteiger partial charge < -0.3 is 14.9 Å². The number of amides is 1. The fraction of sp³-hybridized carbons (Fsp3) is 0.154. The van der Waals surface area contributed by atoms with E-state index in [9.17, 15) is 14.7 Å². The topological polar surface area (TPSA) is 109 Å². The third-order valence-electron chi connectivity index (χ3n) is 2.55. The molecule has 0 aliphatic heterocycles. The van der Waals surface area contributed by atoms with Crippen molar-refractivity contribution in [2.75, 3.05) is 12.4 Å². The van der Waals surface area contributed by atoms with Gasteiger partial charge >= 0.3 is 5.97 Å². The van der Waals surface area contributed by atoms with Gasteiger partial charge in [0.15, 0.2) is 5.13 Å². The average molecular weight is 308 g/mol. The van der Waals surface area contributed by atoms with Gasteiger partial charge in [0.05, 0.1) is 24.8 Å². The van der Waals surface area contributed by atoms with Gasteiger partial charge in [-0.25, -0.2) is 4.98 Å². The molecule has 1 amide bonds. The van der Waals surface area contributed by atoms with E-state index in [4.69, 9.17) is 9.84 Å². The van der Waals surface area contributed by atoms with Gasteiger partial charge in [0, 0.05) is 5.38 Å². The summed E-state index contributed by atoms with van der Waals surface area (Å²) in [5.41, 5.74) is 0.405. The van der Waals surface area contributed by atoms with Crippen LogP contribution in [0.25, 0.3) is 0 Å². The second-order valence-electron chi connectivity index (χ2n) is 4.05. The third kappa shape index (κ3) is 3.69. The van der Waals surface area contributed by atoms with Crippen molar-refractivity contribution in [2.24, 2.45) is 0 Å². The molecule has 0 spiro atoms. The summed E-state index contributed by atoms with van der Waals surface area (Å²) < 4.78 is 4.99. The van der Waals surface area contributed by atoms with Gasteiger partial charge in [-0.05, 0) is 18.2 Å². The van der Waals surface area contributed by atoms with Crippen LogP contribution >= 0.6 is 11.3 Å². The van der Waals surface area contributed by atoms with Gasteiger partial charge in [-0.3, -0.25) is 14.9 Å². The molecule has 1 aromatic carbocycles. The number of phenolic OH excluding ortho intramolecular Hbond substituents is 1. The Labute approximate surface area is 123 Å². The fourth-order valence-electron chi connectivity index (χ4n) is 1.59. The standard InChI is InChI=1S/C13H12N2O5S/c1-20-8-2-3-10(16)9(5-8)12(19)15-13-14-7(6-21-13)4-11(17)18/h2-3,5-6,16H,4H2,1H3,(H,17,18)(H,14,15,19). The van der Waals surface area contributed by atoms with E-state index < -0.39 is 11.9 Å². The number of carboxylic acid groups (broad SMARTS) is 1. The van der Waals surface area contributed by atoms with Crippen molar-refractivity contribution in [3.63, 3.8) is 0 Å². The molecule has 2 rings (SSSR count). The minimum Gasteiger partial charge on any atom is -0.507 e. The number of carboxylic acids is 1. The molecule has 0 radical (unpaired) electrons. The highest BCUT2D eigenvalue weighted by atomic mass is 32.1. The number of aliphatic carboxylic acids is 1. The van der Waals surface area contributed by atoms with Crippen LogP contribution in [0, 0.1) is 0 Å². The zero-order valence-corrected chi connectivity index (χ0v) is 11.8. The van der Waals surface area contributed by atoms with E-state index in [-0.39, 0.29) is 22.9 Å². The van der Waals surface area contributed by atoms with Crippen LogP contribution in [0.3, 0.4) is 0 Å². The second kappa shape index (κ2) is 6.23. The molecule has 0 saturated carbocycles. The number of aromatic hydroxyl groups is 1. The quantitative estimate of drug-likeness (QED) is 0.776. The fourth-order valence-corrected chi connectivity index (χ4v) is 2.29. The van der Waals surface area contributed by atoms with Crippen LogP contribution in [-0.2, 0) is 11.2 Å². The number of rotatable bonds is 5. The Morgan fingerprint density at radius 2 is 2.19 bits per heavy atom. The first kappa shape index (κ1) is 14.8. The summed E-state index contributed by atoms with van der Waals surface area (Å²) in [6.45, 7) is 0. The highest BCUT2D eigenvalue weighted by Crippen LogP contribution is 2.24. The molecular formula is C13H12N2O5S. The van der Waals surface area contributed by atoms with Crippen LogP contribution in [-0.4, -0.2) is 34.2 Å². The molecule has 0 aliphatic carbocycles. The summed E-state index contributed by atoms with van der Waals surface area (Å²) in [5.74, 6) is -1.30. The first-order chi connectivity index (χ1) is 9.99. The predicted molar refractivity (Wildman–Crippen MR) is 76.1 cm³/mol. The zero-order chi connectivity index (χ0) is 15.4. The Hall–Kier alpha value is -2.61. The maximum Gasteiger partial charge on any atom is 0.309 e. The van der Waals surface area contributed by atoms with Crippen molar-refractivity contribution in [1.29, 1.82) is 0 Å². The summed E-state index contributed by atoms with van der Waals surface area (Å²) in [4.78, 5) is 26.6. The third-order valence-corrected chi connectivity index (χ3v) is 3.36. The van der Waals surface area contributed by atoms with E-state index in [0.29, 0.717) is 11.4 Å². The number of nitrogens with zero attached hydrogens (tertiary/aromatic N) is 1. The number of carbonyl (C=O) groups excluding carboxylic acids is 1. The normalized spacial score (nSPS) is 10.1. The minimum atomic E-state index is -0.997. The first-order valence-corrected chi connectivity index (χ1v) is 6.72. The number of phenols is 1. The number of aromatic nitrogens is 1. The van der Waals surface area contributed by atoms with Crippen LogP contribution < -0.4 is 10.1 Å². The summed E-state index contributed by atoms with van der Waals surface area (Å²) in [7, 11) is 1.45. The van der Waals surface area contributed by atoms with Gasteiger partial charge in [0.1, 0.15) is 11.5 Å². The van der Waals surface area contributed by atoms with Crippen LogP contribution in [0.4, 0.5) is 5.13 Å². The van der Waals surface area contributed by atoms with Crippen LogP contribution in [0.2, 0.25) is 0 Å². The highest BCUT2D eigenvalue weighted by Gasteiger charge is 2.15. The number of ether oxygens (including phenoxy) is 1. The molecule has 7 nitrogen and oxygen atoms in total. The summed E-state index contributed by atoms with van der Waals surface area (Å²) in [6.07, 6.45) is -0.212. The molecular weight excluding hydrogens is 296 g/mol. The molecule has 8 heteroatoms. The maximum atomic E-state index is 12.1. The Morgan fingerprint density at radius 3 is 2.86 bits per heavy atom. The number of anilines is 1. The molecule has 1 aromatic heterocycles. The van der Waals surface area contributed by atoms with E-state index in [1.165, 1.54) is 25.3 Å². The largest absolute Gasteiger partial charge is 0.507 e. The molecule has 0 atom stereocenters. The molecule has 0 unspecified atom stereocenters. The summed E-state index contributed by atoms with van der Waals surface area (Å²) >= 11 is 1.11. The monoisotopic (exact) mass is 308 g/mol. The molecule has 110 valence electrons. The van der Waals surface area contributed by atoms with E-state index in [1.807, 2.05) is 0 Å². The molecule has 0 bridgehead atoms. The van der Waals surface area contributed by atoms with Crippen LogP contribution in [0.5, 0.6) is 11.5 Å². The number of methoxy groups -OCH3 is 1. The number of hydrogen-bond acceptors (Lipinski definition) is 6. The van der Waals surface area contributed by atoms with E-state index >= 15 is 0 Å². The van der Waals surface area contributed by atoms with Crippen LogP contribution in [0.1, 0.15) is 16.1 Å². The molecule has 2 aromatic rings.